The Morgan fingerprint density at radius 3 is 2.89 bits per heavy atom. The Hall–Kier alpha value is -1.98. The Bertz CT molecular complexity index is 624. The van der Waals surface area contributed by atoms with Crippen molar-refractivity contribution >= 4 is 35.3 Å². The number of nitrogens with zero attached hydrogens (tertiary/aromatic N) is 1. The SMILES string of the molecule is O=C(N/N=C\c1cc(Cl)cc(Cl)c1O)c1ccco1. The minimum atomic E-state index is -0.506. The van der Waals surface area contributed by atoms with Crippen LogP contribution < -0.4 is 5.43 Å². The quantitative estimate of drug-likeness (QED) is 0.675. The van der Waals surface area contributed by atoms with Crippen LogP contribution in [0.4, 0.5) is 0 Å². The normalized spacial score (nSPS) is 10.8. The van der Waals surface area contributed by atoms with Gasteiger partial charge in [-0.1, -0.05) is 23.2 Å². The molecular weight excluding hydrogens is 291 g/mol. The second-order valence-corrected chi connectivity index (χ2v) is 4.35. The molecule has 0 bridgehead atoms. The lowest BCUT2D eigenvalue weighted by Gasteiger charge is -2.02. The number of phenolic OH excluding ortho intramolecular Hbond substituents is 1. The van der Waals surface area contributed by atoms with Gasteiger partial charge in [-0.15, -0.1) is 0 Å². The molecule has 5 nitrogen and oxygen atoms in total. The number of furan rings is 1. The van der Waals surface area contributed by atoms with E-state index in [1.54, 1.807) is 6.07 Å². The number of aromatic hydroxyl groups is 1. The lowest BCUT2D eigenvalue weighted by molar-refractivity contribution is 0.0927. The standard InChI is InChI=1S/C12H8Cl2N2O3/c13-8-4-7(11(17)9(14)5-8)6-15-16-12(18)10-2-1-3-19-10/h1-6,17H,(H,16,18)/b15-6-. The van der Waals surface area contributed by atoms with E-state index in [9.17, 15) is 9.90 Å². The summed E-state index contributed by atoms with van der Waals surface area (Å²) in [6.45, 7) is 0. The third-order valence-electron chi connectivity index (χ3n) is 2.17. The number of amides is 1. The predicted molar refractivity (Wildman–Crippen MR) is 71.9 cm³/mol. The Morgan fingerprint density at radius 1 is 1.42 bits per heavy atom. The zero-order valence-corrected chi connectivity index (χ0v) is 10.9. The summed E-state index contributed by atoms with van der Waals surface area (Å²) in [5.41, 5.74) is 2.53. The van der Waals surface area contributed by atoms with Crippen molar-refractivity contribution in [3.63, 3.8) is 0 Å². The molecule has 2 rings (SSSR count). The molecule has 98 valence electrons. The van der Waals surface area contributed by atoms with Gasteiger partial charge in [-0.05, 0) is 24.3 Å². The summed E-state index contributed by atoms with van der Waals surface area (Å²) in [6, 6.07) is 5.95. The molecule has 0 fully saturated rings. The van der Waals surface area contributed by atoms with Crippen molar-refractivity contribution in [3.8, 4) is 5.75 Å². The summed E-state index contributed by atoms with van der Waals surface area (Å²) in [5, 5.41) is 13.8. The molecule has 0 aliphatic heterocycles. The van der Waals surface area contributed by atoms with Gasteiger partial charge in [0.15, 0.2) is 5.76 Å². The molecular formula is C12H8Cl2N2O3. The van der Waals surface area contributed by atoms with Crippen molar-refractivity contribution in [3.05, 3.63) is 51.9 Å². The maximum atomic E-state index is 11.5. The molecule has 2 aromatic rings. The molecule has 0 unspecified atom stereocenters. The first-order chi connectivity index (χ1) is 9.08. The minimum absolute atomic E-state index is 0.103. The average Bonchev–Trinajstić information content (AvgIpc) is 2.88. The molecule has 1 amide bonds. The van der Waals surface area contributed by atoms with Crippen LogP contribution in [0.5, 0.6) is 5.75 Å². The van der Waals surface area contributed by atoms with Gasteiger partial charge in [0.05, 0.1) is 17.5 Å². The predicted octanol–water partition coefficient (Wildman–Crippen LogP) is 3.06. The summed E-state index contributed by atoms with van der Waals surface area (Å²) in [7, 11) is 0. The van der Waals surface area contributed by atoms with Gasteiger partial charge in [-0.25, -0.2) is 5.43 Å². The minimum Gasteiger partial charge on any atom is -0.506 e. The molecule has 7 heteroatoms. The molecule has 0 spiro atoms. The van der Waals surface area contributed by atoms with Gasteiger partial charge in [0.2, 0.25) is 0 Å². The maximum Gasteiger partial charge on any atom is 0.307 e. The van der Waals surface area contributed by atoms with E-state index in [1.165, 1.54) is 30.7 Å². The first kappa shape index (κ1) is 13.5. The lowest BCUT2D eigenvalue weighted by atomic mass is 10.2. The molecule has 1 aromatic carbocycles. The molecule has 0 atom stereocenters. The van der Waals surface area contributed by atoms with E-state index >= 15 is 0 Å². The van der Waals surface area contributed by atoms with E-state index in [2.05, 4.69) is 10.5 Å². The number of hydrogen-bond acceptors (Lipinski definition) is 4. The van der Waals surface area contributed by atoms with E-state index in [-0.39, 0.29) is 22.1 Å². The largest absolute Gasteiger partial charge is 0.506 e. The highest BCUT2D eigenvalue weighted by Crippen LogP contribution is 2.29. The summed E-state index contributed by atoms with van der Waals surface area (Å²) in [5.74, 6) is -0.540. The fourth-order valence-electron chi connectivity index (χ4n) is 1.31. The van der Waals surface area contributed by atoms with Gasteiger partial charge in [0.25, 0.3) is 0 Å². The van der Waals surface area contributed by atoms with Crippen LogP contribution in [0.15, 0.2) is 40.0 Å². The first-order valence-electron chi connectivity index (χ1n) is 5.13. The van der Waals surface area contributed by atoms with Crippen molar-refractivity contribution in [2.24, 2.45) is 5.10 Å². The van der Waals surface area contributed by atoms with E-state index in [1.807, 2.05) is 0 Å². The van der Waals surface area contributed by atoms with Gasteiger partial charge in [0.1, 0.15) is 5.75 Å². The van der Waals surface area contributed by atoms with Crippen LogP contribution in [0.25, 0.3) is 0 Å². The molecule has 1 aromatic heterocycles. The third kappa shape index (κ3) is 3.27. The van der Waals surface area contributed by atoms with Gasteiger partial charge < -0.3 is 9.52 Å². The van der Waals surface area contributed by atoms with E-state index < -0.39 is 5.91 Å². The average molecular weight is 299 g/mol. The number of hydrazone groups is 1. The van der Waals surface area contributed by atoms with E-state index in [4.69, 9.17) is 27.6 Å². The zero-order valence-electron chi connectivity index (χ0n) is 9.43. The number of nitrogens with one attached hydrogen (secondary N) is 1. The van der Waals surface area contributed by atoms with Gasteiger partial charge in [-0.3, -0.25) is 4.79 Å². The first-order valence-corrected chi connectivity index (χ1v) is 5.88. The van der Waals surface area contributed by atoms with Gasteiger partial charge in [-0.2, -0.15) is 5.10 Å². The van der Waals surface area contributed by atoms with Crippen LogP contribution in [-0.4, -0.2) is 17.2 Å². The van der Waals surface area contributed by atoms with Crippen molar-refractivity contribution in [2.75, 3.05) is 0 Å². The molecule has 0 aliphatic carbocycles. The maximum absolute atomic E-state index is 11.5. The van der Waals surface area contributed by atoms with E-state index in [0.29, 0.717) is 5.02 Å². The van der Waals surface area contributed by atoms with Crippen molar-refractivity contribution in [1.82, 2.24) is 5.43 Å². The molecule has 19 heavy (non-hydrogen) atoms. The fraction of sp³-hybridized carbons (Fsp3) is 0. The van der Waals surface area contributed by atoms with Crippen LogP contribution >= 0.6 is 23.2 Å². The lowest BCUT2D eigenvalue weighted by Crippen LogP contribution is -2.16. The van der Waals surface area contributed by atoms with Crippen LogP contribution in [0.3, 0.4) is 0 Å². The van der Waals surface area contributed by atoms with Crippen LogP contribution in [0.1, 0.15) is 16.1 Å². The Balaban J connectivity index is 2.09. The highest BCUT2D eigenvalue weighted by Gasteiger charge is 2.08. The summed E-state index contributed by atoms with van der Waals surface area (Å²) < 4.78 is 4.88. The van der Waals surface area contributed by atoms with Crippen molar-refractivity contribution in [1.29, 1.82) is 0 Å². The number of rotatable bonds is 3. The Labute approximate surface area is 118 Å². The second kappa shape index (κ2) is 5.77. The topological polar surface area (TPSA) is 74.8 Å². The number of carbonyl (C=O) groups is 1. The number of benzene rings is 1. The monoisotopic (exact) mass is 298 g/mol. The Morgan fingerprint density at radius 2 is 2.21 bits per heavy atom. The molecule has 2 N–H and O–H groups in total. The third-order valence-corrected chi connectivity index (χ3v) is 2.68. The fourth-order valence-corrected chi connectivity index (χ4v) is 1.82. The second-order valence-electron chi connectivity index (χ2n) is 3.50. The van der Waals surface area contributed by atoms with Crippen LogP contribution in [0.2, 0.25) is 10.0 Å². The van der Waals surface area contributed by atoms with Crippen LogP contribution in [0, 0.1) is 0 Å². The number of hydrogen-bond donors (Lipinski definition) is 2. The number of halogens is 2. The molecule has 0 saturated heterocycles. The van der Waals surface area contributed by atoms with Gasteiger partial charge >= 0.3 is 5.91 Å². The highest BCUT2D eigenvalue weighted by molar-refractivity contribution is 6.36. The molecule has 0 aliphatic rings. The highest BCUT2D eigenvalue weighted by atomic mass is 35.5. The molecule has 0 saturated carbocycles. The van der Waals surface area contributed by atoms with Crippen molar-refractivity contribution in [2.45, 2.75) is 0 Å². The molecule has 0 radical (unpaired) electrons. The van der Waals surface area contributed by atoms with Crippen LogP contribution in [-0.2, 0) is 0 Å². The molecule has 1 heterocycles. The van der Waals surface area contributed by atoms with Crippen molar-refractivity contribution < 1.29 is 14.3 Å². The summed E-state index contributed by atoms with van der Waals surface area (Å²) >= 11 is 11.5. The van der Waals surface area contributed by atoms with E-state index in [0.717, 1.165) is 0 Å². The Kier molecular flexibility index (Phi) is 4.09. The number of carbonyl (C=O) groups excluding carboxylic acids is 1. The zero-order chi connectivity index (χ0) is 13.8. The summed E-state index contributed by atoms with van der Waals surface area (Å²) in [4.78, 5) is 11.5. The smallest absolute Gasteiger partial charge is 0.307 e. The summed E-state index contributed by atoms with van der Waals surface area (Å²) in [6.07, 6.45) is 2.61. The number of phenols is 1. The van der Waals surface area contributed by atoms with Gasteiger partial charge in [0, 0.05) is 10.6 Å².